The first kappa shape index (κ1) is 21.9. The molecule has 0 aliphatic carbocycles. The van der Waals surface area contributed by atoms with Crippen LogP contribution in [0.1, 0.15) is 38.7 Å². The van der Waals surface area contributed by atoms with Gasteiger partial charge in [0, 0.05) is 31.5 Å². The number of hydrogen-bond donors (Lipinski definition) is 1. The Labute approximate surface area is 167 Å². The molecule has 1 aliphatic rings. The summed E-state index contributed by atoms with van der Waals surface area (Å²) < 4.78 is 16.3. The molecule has 0 saturated carbocycles. The van der Waals surface area contributed by atoms with Crippen molar-refractivity contribution in [3.63, 3.8) is 0 Å². The van der Waals surface area contributed by atoms with E-state index < -0.39 is 0 Å². The maximum absolute atomic E-state index is 12.8. The van der Waals surface area contributed by atoms with Crippen LogP contribution >= 0.6 is 0 Å². The first-order valence-electron chi connectivity index (χ1n) is 9.74. The Balaban J connectivity index is 2.43. The van der Waals surface area contributed by atoms with Crippen LogP contribution in [0.25, 0.3) is 0 Å². The number of rotatable bonds is 8. The molecule has 7 nitrogen and oxygen atoms in total. The molecule has 0 bridgehead atoms. The van der Waals surface area contributed by atoms with Gasteiger partial charge in [0.15, 0.2) is 11.5 Å². The van der Waals surface area contributed by atoms with E-state index in [1.807, 2.05) is 32.9 Å². The van der Waals surface area contributed by atoms with E-state index in [1.165, 1.54) is 0 Å². The second-order valence-electron chi connectivity index (χ2n) is 7.36. The summed E-state index contributed by atoms with van der Waals surface area (Å²) in [5.41, 5.74) is 0.894. The number of ether oxygens (including phenoxy) is 3. The highest BCUT2D eigenvalue weighted by atomic mass is 16.5. The predicted molar refractivity (Wildman–Crippen MR) is 107 cm³/mol. The average molecular weight is 392 g/mol. The standard InChI is InChI=1S/C21H32N2O5/c1-7-8-22-20(24)16-12-23(21(25)13(2)3)11-15(16)14-9-17(26-4)19(28-6)18(10-14)27-5/h9-10,13,15-16H,7-8,11-12H2,1-6H3,(H,22,24)/t15-,16+/m0/s1. The lowest BCUT2D eigenvalue weighted by atomic mass is 9.88. The van der Waals surface area contributed by atoms with Crippen molar-refractivity contribution in [3.05, 3.63) is 17.7 Å². The van der Waals surface area contributed by atoms with Crippen molar-refractivity contribution in [1.29, 1.82) is 0 Å². The van der Waals surface area contributed by atoms with Crippen LogP contribution < -0.4 is 19.5 Å². The third-order valence-corrected chi connectivity index (χ3v) is 5.13. The van der Waals surface area contributed by atoms with Gasteiger partial charge in [0.2, 0.25) is 17.6 Å². The van der Waals surface area contributed by atoms with Crippen LogP contribution in [0.5, 0.6) is 17.2 Å². The van der Waals surface area contributed by atoms with Crippen LogP contribution in [0.2, 0.25) is 0 Å². The Morgan fingerprint density at radius 2 is 1.71 bits per heavy atom. The highest BCUT2D eigenvalue weighted by Gasteiger charge is 2.41. The minimum atomic E-state index is -0.322. The Hall–Kier alpha value is -2.44. The van der Waals surface area contributed by atoms with Gasteiger partial charge in [0.05, 0.1) is 27.2 Å². The molecule has 1 aromatic rings. The zero-order chi connectivity index (χ0) is 20.8. The first-order valence-corrected chi connectivity index (χ1v) is 9.74. The Bertz CT molecular complexity index is 679. The summed E-state index contributed by atoms with van der Waals surface area (Å²) in [4.78, 5) is 27.2. The predicted octanol–water partition coefficient (Wildman–Crippen LogP) is 2.44. The molecule has 0 spiro atoms. The molecule has 1 aliphatic heterocycles. The van der Waals surface area contributed by atoms with Crippen LogP contribution in [0.4, 0.5) is 0 Å². The van der Waals surface area contributed by atoms with Gasteiger partial charge >= 0.3 is 0 Å². The van der Waals surface area contributed by atoms with E-state index in [-0.39, 0.29) is 29.6 Å². The lowest BCUT2D eigenvalue weighted by Crippen LogP contribution is -2.36. The van der Waals surface area contributed by atoms with Gasteiger partial charge in [-0.25, -0.2) is 0 Å². The molecular weight excluding hydrogens is 360 g/mol. The summed E-state index contributed by atoms with van der Waals surface area (Å²) in [5.74, 6) is 1.04. The van der Waals surface area contributed by atoms with E-state index in [9.17, 15) is 9.59 Å². The molecular formula is C21H32N2O5. The number of nitrogens with zero attached hydrogens (tertiary/aromatic N) is 1. The molecule has 1 N–H and O–H groups in total. The molecule has 2 atom stereocenters. The topological polar surface area (TPSA) is 77.1 Å². The van der Waals surface area contributed by atoms with Crippen molar-refractivity contribution in [2.45, 2.75) is 33.1 Å². The quantitative estimate of drug-likeness (QED) is 0.735. The molecule has 1 aromatic carbocycles. The summed E-state index contributed by atoms with van der Waals surface area (Å²) in [6.45, 7) is 7.28. The Kier molecular flexibility index (Phi) is 7.54. The highest BCUT2D eigenvalue weighted by Crippen LogP contribution is 2.43. The number of likely N-dealkylation sites (tertiary alicyclic amines) is 1. The number of hydrogen-bond acceptors (Lipinski definition) is 5. The largest absolute Gasteiger partial charge is 0.493 e. The lowest BCUT2D eigenvalue weighted by molar-refractivity contribution is -0.133. The van der Waals surface area contributed by atoms with Crippen molar-refractivity contribution < 1.29 is 23.8 Å². The van der Waals surface area contributed by atoms with Gasteiger partial charge in [-0.05, 0) is 24.1 Å². The molecule has 2 amide bonds. The molecule has 28 heavy (non-hydrogen) atoms. The van der Waals surface area contributed by atoms with E-state index in [1.54, 1.807) is 26.2 Å². The fourth-order valence-corrected chi connectivity index (χ4v) is 3.65. The molecule has 2 rings (SSSR count). The fraction of sp³-hybridized carbons (Fsp3) is 0.619. The third-order valence-electron chi connectivity index (χ3n) is 5.13. The maximum atomic E-state index is 12.8. The van der Waals surface area contributed by atoms with Crippen LogP contribution in [-0.2, 0) is 9.59 Å². The number of nitrogens with one attached hydrogen (secondary N) is 1. The number of amides is 2. The van der Waals surface area contributed by atoms with Crippen molar-refractivity contribution in [2.24, 2.45) is 11.8 Å². The van der Waals surface area contributed by atoms with E-state index in [4.69, 9.17) is 14.2 Å². The Morgan fingerprint density at radius 3 is 2.18 bits per heavy atom. The van der Waals surface area contributed by atoms with Gasteiger partial charge in [0.1, 0.15) is 0 Å². The summed E-state index contributed by atoms with van der Waals surface area (Å²) in [6.07, 6.45) is 0.863. The summed E-state index contributed by atoms with van der Waals surface area (Å²) >= 11 is 0. The van der Waals surface area contributed by atoms with Crippen molar-refractivity contribution in [2.75, 3.05) is 41.0 Å². The van der Waals surface area contributed by atoms with Gasteiger partial charge in [-0.1, -0.05) is 20.8 Å². The minimum absolute atomic E-state index is 0.0281. The lowest BCUT2D eigenvalue weighted by Gasteiger charge is -2.21. The first-order chi connectivity index (χ1) is 13.4. The molecule has 1 heterocycles. The maximum Gasteiger partial charge on any atom is 0.225 e. The second-order valence-corrected chi connectivity index (χ2v) is 7.36. The zero-order valence-electron chi connectivity index (χ0n) is 17.7. The summed E-state index contributed by atoms with van der Waals surface area (Å²) in [6, 6.07) is 3.74. The Morgan fingerprint density at radius 1 is 1.11 bits per heavy atom. The van der Waals surface area contributed by atoms with Gasteiger partial charge in [-0.3, -0.25) is 9.59 Å². The zero-order valence-corrected chi connectivity index (χ0v) is 17.7. The van der Waals surface area contributed by atoms with E-state index in [2.05, 4.69) is 5.32 Å². The van der Waals surface area contributed by atoms with Crippen molar-refractivity contribution in [1.82, 2.24) is 10.2 Å². The van der Waals surface area contributed by atoms with Gasteiger partial charge in [-0.2, -0.15) is 0 Å². The molecule has 156 valence electrons. The third kappa shape index (κ3) is 4.51. The van der Waals surface area contributed by atoms with Crippen LogP contribution in [0.3, 0.4) is 0 Å². The van der Waals surface area contributed by atoms with Crippen LogP contribution in [-0.4, -0.2) is 57.7 Å². The fourth-order valence-electron chi connectivity index (χ4n) is 3.65. The van der Waals surface area contributed by atoms with Crippen molar-refractivity contribution >= 4 is 11.8 Å². The smallest absolute Gasteiger partial charge is 0.225 e. The van der Waals surface area contributed by atoms with E-state index >= 15 is 0 Å². The molecule has 1 fully saturated rings. The van der Waals surface area contributed by atoms with Crippen molar-refractivity contribution in [3.8, 4) is 17.2 Å². The molecule has 0 aromatic heterocycles. The number of benzene rings is 1. The van der Waals surface area contributed by atoms with Crippen LogP contribution in [0, 0.1) is 11.8 Å². The average Bonchev–Trinajstić information content (AvgIpc) is 3.15. The second kappa shape index (κ2) is 9.66. The molecule has 0 radical (unpaired) electrons. The van der Waals surface area contributed by atoms with E-state index in [0.29, 0.717) is 36.9 Å². The highest BCUT2D eigenvalue weighted by molar-refractivity contribution is 5.84. The molecule has 0 unspecified atom stereocenters. The minimum Gasteiger partial charge on any atom is -0.493 e. The molecule has 1 saturated heterocycles. The number of methoxy groups -OCH3 is 3. The summed E-state index contributed by atoms with van der Waals surface area (Å²) in [7, 11) is 4.69. The number of carbonyl (C=O) groups excluding carboxylic acids is 2. The monoisotopic (exact) mass is 392 g/mol. The van der Waals surface area contributed by atoms with E-state index in [0.717, 1.165) is 12.0 Å². The number of carbonyl (C=O) groups is 2. The normalized spacial score (nSPS) is 18.9. The van der Waals surface area contributed by atoms with Crippen LogP contribution in [0.15, 0.2) is 12.1 Å². The van der Waals surface area contributed by atoms with Gasteiger partial charge in [-0.15, -0.1) is 0 Å². The van der Waals surface area contributed by atoms with Gasteiger partial charge in [0.25, 0.3) is 0 Å². The van der Waals surface area contributed by atoms with Gasteiger partial charge < -0.3 is 24.4 Å². The summed E-state index contributed by atoms with van der Waals surface area (Å²) in [5, 5.41) is 2.98. The SMILES string of the molecule is CCCNC(=O)[C@@H]1CN(C(=O)C(C)C)C[C@H]1c1cc(OC)c(OC)c(OC)c1. The molecule has 7 heteroatoms.